The minimum Gasteiger partial charge on any atom is -0.395 e. The maximum atomic E-state index is 11.5. The Morgan fingerprint density at radius 3 is 2.11 bits per heavy atom. The van der Waals surface area contributed by atoms with Gasteiger partial charge in [-0.3, -0.25) is 5.32 Å². The molecule has 5 heteroatoms. The highest BCUT2D eigenvalue weighted by molar-refractivity contribution is 5.02. The highest BCUT2D eigenvalue weighted by Gasteiger charge is 2.55. The first-order chi connectivity index (χ1) is 4.05. The summed E-state index contributed by atoms with van der Waals surface area (Å²) in [6, 6.07) is -2.23. The van der Waals surface area contributed by atoms with Crippen LogP contribution in [0.3, 0.4) is 0 Å². The predicted molar refractivity (Wildman–Crippen MR) is 23.9 cm³/mol. The lowest BCUT2D eigenvalue weighted by Gasteiger charge is -2.00. The summed E-state index contributed by atoms with van der Waals surface area (Å²) in [5.41, 5.74) is 0. The van der Waals surface area contributed by atoms with Crippen LogP contribution in [0.5, 0.6) is 0 Å². The van der Waals surface area contributed by atoms with E-state index in [1.807, 2.05) is 0 Å². The second-order valence-electron chi connectivity index (χ2n) is 1.98. The fourth-order valence-corrected chi connectivity index (χ4v) is 0.656. The Balaban J connectivity index is 2.33. The molecular formula is C4H6F3NO. The van der Waals surface area contributed by atoms with Crippen LogP contribution in [0.1, 0.15) is 0 Å². The summed E-state index contributed by atoms with van der Waals surface area (Å²) >= 11 is 0. The summed E-state index contributed by atoms with van der Waals surface area (Å²) in [6.45, 7) is -0.440. The summed E-state index contributed by atoms with van der Waals surface area (Å²) in [4.78, 5) is 0. The van der Waals surface area contributed by atoms with Gasteiger partial charge >= 0.3 is 6.18 Å². The molecule has 1 aliphatic heterocycles. The van der Waals surface area contributed by atoms with Crippen LogP contribution >= 0.6 is 0 Å². The van der Waals surface area contributed by atoms with Crippen molar-refractivity contribution in [2.75, 3.05) is 6.61 Å². The molecule has 9 heavy (non-hydrogen) atoms. The van der Waals surface area contributed by atoms with Gasteiger partial charge in [-0.2, -0.15) is 13.2 Å². The zero-order chi connectivity index (χ0) is 7.07. The molecular weight excluding hydrogens is 135 g/mol. The number of aliphatic hydroxyl groups excluding tert-OH is 1. The van der Waals surface area contributed by atoms with Gasteiger partial charge in [-0.25, -0.2) is 0 Å². The smallest absolute Gasteiger partial charge is 0.395 e. The first kappa shape index (κ1) is 6.82. The number of aliphatic hydroxyl groups is 1. The van der Waals surface area contributed by atoms with Gasteiger partial charge in [0.05, 0.1) is 12.6 Å². The number of hydrogen-bond acceptors (Lipinski definition) is 2. The average molecular weight is 141 g/mol. The van der Waals surface area contributed by atoms with Gasteiger partial charge in [0, 0.05) is 0 Å². The molecule has 1 saturated heterocycles. The van der Waals surface area contributed by atoms with E-state index in [1.165, 1.54) is 0 Å². The zero-order valence-electron chi connectivity index (χ0n) is 4.44. The van der Waals surface area contributed by atoms with Gasteiger partial charge in [-0.1, -0.05) is 0 Å². The van der Waals surface area contributed by atoms with Gasteiger partial charge in [0.2, 0.25) is 0 Å². The van der Waals surface area contributed by atoms with Gasteiger partial charge in [-0.15, -0.1) is 0 Å². The Bertz CT molecular complexity index is 113. The molecule has 0 unspecified atom stereocenters. The Morgan fingerprint density at radius 1 is 1.44 bits per heavy atom. The molecule has 54 valence electrons. The predicted octanol–water partition coefficient (Wildman–Crippen LogP) is -0.119. The molecule has 1 rings (SSSR count). The highest BCUT2D eigenvalue weighted by atomic mass is 19.4. The first-order valence-electron chi connectivity index (χ1n) is 2.49. The summed E-state index contributed by atoms with van der Waals surface area (Å²) in [6.07, 6.45) is -4.19. The summed E-state index contributed by atoms with van der Waals surface area (Å²) in [5.74, 6) is 0. The Hall–Kier alpha value is -0.290. The molecule has 1 fully saturated rings. The third-order valence-electron chi connectivity index (χ3n) is 1.24. The summed E-state index contributed by atoms with van der Waals surface area (Å²) < 4.78 is 34.5. The van der Waals surface area contributed by atoms with Crippen molar-refractivity contribution in [3.05, 3.63) is 0 Å². The van der Waals surface area contributed by atoms with Crippen LogP contribution in [0, 0.1) is 0 Å². The lowest BCUT2D eigenvalue weighted by molar-refractivity contribution is -0.130. The van der Waals surface area contributed by atoms with Gasteiger partial charge in [0.25, 0.3) is 0 Å². The minimum absolute atomic E-state index is 0.440. The molecule has 0 radical (unpaired) electrons. The van der Waals surface area contributed by atoms with Gasteiger partial charge in [0.15, 0.2) is 0 Å². The topological polar surface area (TPSA) is 42.2 Å². The lowest BCUT2D eigenvalue weighted by atomic mass is 10.3. The summed E-state index contributed by atoms with van der Waals surface area (Å²) in [5, 5.41) is 10.3. The van der Waals surface area contributed by atoms with Crippen LogP contribution in [0.2, 0.25) is 0 Å². The molecule has 0 aromatic carbocycles. The summed E-state index contributed by atoms with van der Waals surface area (Å²) in [7, 11) is 0. The van der Waals surface area contributed by atoms with Crippen LogP contribution in [0.25, 0.3) is 0 Å². The lowest BCUT2D eigenvalue weighted by Crippen LogP contribution is -2.20. The molecule has 0 amide bonds. The highest BCUT2D eigenvalue weighted by Crippen LogP contribution is 2.30. The largest absolute Gasteiger partial charge is 0.405 e. The van der Waals surface area contributed by atoms with Crippen molar-refractivity contribution >= 4 is 0 Å². The van der Waals surface area contributed by atoms with Gasteiger partial charge in [0.1, 0.15) is 6.04 Å². The second kappa shape index (κ2) is 1.85. The molecule has 2 nitrogen and oxygen atoms in total. The zero-order valence-corrected chi connectivity index (χ0v) is 4.44. The van der Waals surface area contributed by atoms with Gasteiger partial charge in [-0.05, 0) is 0 Å². The SMILES string of the molecule is OC[C@@H]1N[C@@H]1C(F)(F)F. The van der Waals surface area contributed by atoms with E-state index in [0.717, 1.165) is 0 Å². The number of alkyl halides is 3. The van der Waals surface area contributed by atoms with E-state index in [9.17, 15) is 13.2 Å². The standard InChI is InChI=1S/C4H6F3NO/c5-4(6,7)3-2(1-9)8-3/h2-3,8-9H,1H2/t2-,3-/m0/s1. The fourth-order valence-electron chi connectivity index (χ4n) is 0.656. The van der Waals surface area contributed by atoms with E-state index < -0.39 is 24.9 Å². The molecule has 0 spiro atoms. The van der Waals surface area contributed by atoms with E-state index >= 15 is 0 Å². The Labute approximate surface area is 49.7 Å². The van der Waals surface area contributed by atoms with Crippen LogP contribution in [0.4, 0.5) is 13.2 Å². The molecule has 2 N–H and O–H groups in total. The van der Waals surface area contributed by atoms with Crippen molar-refractivity contribution in [3.63, 3.8) is 0 Å². The molecule has 0 bridgehead atoms. The number of rotatable bonds is 1. The van der Waals surface area contributed by atoms with E-state index in [-0.39, 0.29) is 0 Å². The third-order valence-corrected chi connectivity index (χ3v) is 1.24. The molecule has 2 atom stereocenters. The first-order valence-corrected chi connectivity index (χ1v) is 2.49. The maximum Gasteiger partial charge on any atom is 0.405 e. The Morgan fingerprint density at radius 2 is 2.00 bits per heavy atom. The molecule has 1 aliphatic rings. The van der Waals surface area contributed by atoms with Crippen molar-refractivity contribution < 1.29 is 18.3 Å². The maximum absolute atomic E-state index is 11.5. The number of nitrogens with one attached hydrogen (secondary N) is 1. The average Bonchev–Trinajstić information content (AvgIpc) is 2.39. The Kier molecular flexibility index (Phi) is 1.40. The minimum atomic E-state index is -4.19. The van der Waals surface area contributed by atoms with Crippen molar-refractivity contribution in [2.24, 2.45) is 0 Å². The molecule has 0 saturated carbocycles. The van der Waals surface area contributed by atoms with Gasteiger partial charge < -0.3 is 5.11 Å². The quantitative estimate of drug-likeness (QED) is 0.500. The normalized spacial score (nSPS) is 34.7. The van der Waals surface area contributed by atoms with Crippen molar-refractivity contribution in [2.45, 2.75) is 18.3 Å². The second-order valence-corrected chi connectivity index (χ2v) is 1.98. The van der Waals surface area contributed by atoms with E-state index in [2.05, 4.69) is 5.32 Å². The number of hydrogen-bond donors (Lipinski definition) is 2. The van der Waals surface area contributed by atoms with Crippen LogP contribution in [-0.2, 0) is 0 Å². The van der Waals surface area contributed by atoms with Crippen molar-refractivity contribution in [1.29, 1.82) is 0 Å². The molecule has 1 heterocycles. The van der Waals surface area contributed by atoms with E-state index in [4.69, 9.17) is 5.11 Å². The molecule has 0 aromatic rings. The number of halogens is 3. The third kappa shape index (κ3) is 1.34. The van der Waals surface area contributed by atoms with E-state index in [0.29, 0.717) is 0 Å². The fraction of sp³-hybridized carbons (Fsp3) is 1.00. The van der Waals surface area contributed by atoms with Crippen molar-refractivity contribution in [1.82, 2.24) is 5.32 Å². The monoisotopic (exact) mass is 141 g/mol. The van der Waals surface area contributed by atoms with Crippen LogP contribution in [-0.4, -0.2) is 30.0 Å². The molecule has 0 aromatic heterocycles. The van der Waals surface area contributed by atoms with E-state index in [1.54, 1.807) is 0 Å². The van der Waals surface area contributed by atoms with Crippen LogP contribution < -0.4 is 5.32 Å². The molecule has 0 aliphatic carbocycles. The van der Waals surface area contributed by atoms with Crippen molar-refractivity contribution in [3.8, 4) is 0 Å². The van der Waals surface area contributed by atoms with Crippen LogP contribution in [0.15, 0.2) is 0 Å².